The minimum atomic E-state index is -0.378. The second kappa shape index (κ2) is 7.47. The van der Waals surface area contributed by atoms with Crippen molar-refractivity contribution in [3.05, 3.63) is 81.5 Å². The first-order valence-corrected chi connectivity index (χ1v) is 8.24. The molecule has 0 radical (unpaired) electrons. The fourth-order valence-electron chi connectivity index (χ4n) is 2.05. The van der Waals surface area contributed by atoms with Crippen LogP contribution < -0.4 is 5.43 Å². The molecule has 0 aliphatic heterocycles. The number of carbonyl (C=O) groups excluding carboxylic acids is 1. The molecule has 3 rings (SSSR count). The predicted molar refractivity (Wildman–Crippen MR) is 98.4 cm³/mol. The van der Waals surface area contributed by atoms with Gasteiger partial charge in [-0.3, -0.25) is 4.79 Å². The smallest absolute Gasteiger partial charge is 0.272 e. The topological polar surface area (TPSA) is 54.6 Å². The fraction of sp³-hybridized carbons (Fsp3) is 0. The van der Waals surface area contributed by atoms with Crippen LogP contribution in [0.2, 0.25) is 5.02 Å². The third kappa shape index (κ3) is 3.93. The molecule has 0 spiro atoms. The van der Waals surface area contributed by atoms with Crippen LogP contribution in [0.4, 0.5) is 0 Å². The van der Waals surface area contributed by atoms with Crippen LogP contribution in [0.25, 0.3) is 11.3 Å². The van der Waals surface area contributed by atoms with E-state index in [1.807, 2.05) is 30.3 Å². The Morgan fingerprint density at radius 1 is 1.08 bits per heavy atom. The van der Waals surface area contributed by atoms with Crippen LogP contribution in [0.1, 0.15) is 16.1 Å². The molecule has 6 heteroatoms. The van der Waals surface area contributed by atoms with E-state index in [4.69, 9.17) is 16.0 Å². The number of hydrazone groups is 1. The number of nitrogens with zero attached hydrogens (tertiary/aromatic N) is 1. The average molecular weight is 404 g/mol. The molecular formula is C18H12BrClN2O2. The standard InChI is InChI=1S/C18H12BrClN2O2/c19-13-7-5-12(6-8-13)17-10-9-14(24-17)11-21-22-18(23)15-3-1-2-4-16(15)20/h1-11H,(H,22,23)/b21-11-. The predicted octanol–water partition coefficient (Wildman–Crippen LogP) is 5.13. The zero-order valence-corrected chi connectivity index (χ0v) is 14.7. The highest BCUT2D eigenvalue weighted by atomic mass is 79.9. The van der Waals surface area contributed by atoms with Gasteiger partial charge in [0.1, 0.15) is 11.5 Å². The Labute approximate surface area is 152 Å². The van der Waals surface area contributed by atoms with E-state index >= 15 is 0 Å². The van der Waals surface area contributed by atoms with E-state index in [0.29, 0.717) is 16.3 Å². The van der Waals surface area contributed by atoms with E-state index in [1.54, 1.807) is 30.3 Å². The summed E-state index contributed by atoms with van der Waals surface area (Å²) >= 11 is 9.36. The third-order valence-corrected chi connectivity index (χ3v) is 4.09. The van der Waals surface area contributed by atoms with Crippen LogP contribution in [0, 0.1) is 0 Å². The lowest BCUT2D eigenvalue weighted by atomic mass is 10.2. The molecule has 0 unspecified atom stereocenters. The van der Waals surface area contributed by atoms with Gasteiger partial charge in [0, 0.05) is 10.0 Å². The highest BCUT2D eigenvalue weighted by molar-refractivity contribution is 9.10. The molecule has 3 aromatic rings. The first kappa shape index (κ1) is 16.5. The number of hydrogen-bond donors (Lipinski definition) is 1. The van der Waals surface area contributed by atoms with Gasteiger partial charge in [-0.2, -0.15) is 5.10 Å². The molecule has 24 heavy (non-hydrogen) atoms. The number of nitrogens with one attached hydrogen (secondary N) is 1. The van der Waals surface area contributed by atoms with Crippen LogP contribution in [-0.4, -0.2) is 12.1 Å². The van der Waals surface area contributed by atoms with Gasteiger partial charge < -0.3 is 4.42 Å². The monoisotopic (exact) mass is 402 g/mol. The maximum atomic E-state index is 12.0. The van der Waals surface area contributed by atoms with Crippen molar-refractivity contribution >= 4 is 39.7 Å². The molecule has 1 aromatic heterocycles. The summed E-state index contributed by atoms with van der Waals surface area (Å²) in [6, 6.07) is 18.2. The number of amides is 1. The highest BCUT2D eigenvalue weighted by Gasteiger charge is 2.08. The van der Waals surface area contributed by atoms with E-state index < -0.39 is 0 Å². The summed E-state index contributed by atoms with van der Waals surface area (Å²) < 4.78 is 6.68. The molecule has 120 valence electrons. The van der Waals surface area contributed by atoms with Gasteiger partial charge in [0.15, 0.2) is 0 Å². The Kier molecular flexibility index (Phi) is 5.13. The van der Waals surface area contributed by atoms with Gasteiger partial charge >= 0.3 is 0 Å². The van der Waals surface area contributed by atoms with Crippen molar-refractivity contribution in [2.75, 3.05) is 0 Å². The first-order chi connectivity index (χ1) is 11.6. The Morgan fingerprint density at radius 2 is 1.83 bits per heavy atom. The lowest BCUT2D eigenvalue weighted by molar-refractivity contribution is 0.0955. The number of rotatable bonds is 4. The lowest BCUT2D eigenvalue weighted by Crippen LogP contribution is -2.17. The second-order valence-electron chi connectivity index (χ2n) is 4.89. The molecule has 1 amide bonds. The molecule has 2 aromatic carbocycles. The number of carbonyl (C=O) groups is 1. The van der Waals surface area contributed by atoms with Crippen LogP contribution in [-0.2, 0) is 0 Å². The van der Waals surface area contributed by atoms with Gasteiger partial charge in [-0.05, 0) is 36.4 Å². The van der Waals surface area contributed by atoms with Gasteiger partial charge in [-0.25, -0.2) is 5.43 Å². The molecule has 1 heterocycles. The van der Waals surface area contributed by atoms with Crippen LogP contribution in [0.15, 0.2) is 74.7 Å². The SMILES string of the molecule is O=C(N/N=C\c1ccc(-c2ccc(Br)cc2)o1)c1ccccc1Cl. The van der Waals surface area contributed by atoms with Crippen molar-refractivity contribution < 1.29 is 9.21 Å². The highest BCUT2D eigenvalue weighted by Crippen LogP contribution is 2.23. The number of halogens is 2. The Balaban J connectivity index is 1.66. The van der Waals surface area contributed by atoms with Gasteiger partial charge in [-0.15, -0.1) is 0 Å². The Bertz CT molecular complexity index is 888. The first-order valence-electron chi connectivity index (χ1n) is 7.07. The molecule has 1 N–H and O–H groups in total. The summed E-state index contributed by atoms with van der Waals surface area (Å²) in [4.78, 5) is 12.0. The number of hydrogen-bond acceptors (Lipinski definition) is 3. The largest absolute Gasteiger partial charge is 0.455 e. The van der Waals surface area contributed by atoms with Crippen LogP contribution >= 0.6 is 27.5 Å². The summed E-state index contributed by atoms with van der Waals surface area (Å²) in [6.07, 6.45) is 1.44. The maximum absolute atomic E-state index is 12.0. The molecule has 0 bridgehead atoms. The van der Waals surface area contributed by atoms with E-state index in [2.05, 4.69) is 26.5 Å². The number of benzene rings is 2. The van der Waals surface area contributed by atoms with Crippen molar-refractivity contribution in [3.8, 4) is 11.3 Å². The van der Waals surface area contributed by atoms with Gasteiger partial charge in [0.05, 0.1) is 16.8 Å². The quantitative estimate of drug-likeness (QED) is 0.485. The summed E-state index contributed by atoms with van der Waals surface area (Å²) in [5, 5.41) is 4.27. The molecular weight excluding hydrogens is 392 g/mol. The molecule has 0 atom stereocenters. The minimum absolute atomic E-state index is 0.367. The van der Waals surface area contributed by atoms with Gasteiger partial charge in [0.25, 0.3) is 5.91 Å². The van der Waals surface area contributed by atoms with Crippen molar-refractivity contribution in [3.63, 3.8) is 0 Å². The van der Waals surface area contributed by atoms with E-state index in [9.17, 15) is 4.79 Å². The lowest BCUT2D eigenvalue weighted by Gasteiger charge is -2.01. The summed E-state index contributed by atoms with van der Waals surface area (Å²) in [6.45, 7) is 0. The van der Waals surface area contributed by atoms with E-state index in [-0.39, 0.29) is 5.91 Å². The molecule has 0 saturated carbocycles. The zero-order chi connectivity index (χ0) is 16.9. The molecule has 4 nitrogen and oxygen atoms in total. The molecule has 0 aliphatic carbocycles. The zero-order valence-electron chi connectivity index (χ0n) is 12.4. The summed E-state index contributed by atoms with van der Waals surface area (Å²) in [7, 11) is 0. The molecule has 0 saturated heterocycles. The van der Waals surface area contributed by atoms with Crippen molar-refractivity contribution in [1.29, 1.82) is 0 Å². The fourth-order valence-corrected chi connectivity index (χ4v) is 2.54. The second-order valence-corrected chi connectivity index (χ2v) is 6.21. The van der Waals surface area contributed by atoms with Crippen molar-refractivity contribution in [2.45, 2.75) is 0 Å². The third-order valence-electron chi connectivity index (χ3n) is 3.23. The summed E-state index contributed by atoms with van der Waals surface area (Å²) in [5.41, 5.74) is 3.75. The van der Waals surface area contributed by atoms with Crippen LogP contribution in [0.5, 0.6) is 0 Å². The normalized spacial score (nSPS) is 10.9. The summed E-state index contributed by atoms with van der Waals surface area (Å²) in [5.74, 6) is 0.880. The Hall–Kier alpha value is -2.37. The van der Waals surface area contributed by atoms with E-state index in [0.717, 1.165) is 15.8 Å². The molecule has 0 aliphatic rings. The van der Waals surface area contributed by atoms with Gasteiger partial charge in [0.2, 0.25) is 0 Å². The average Bonchev–Trinajstić information content (AvgIpc) is 3.04. The number of furan rings is 1. The van der Waals surface area contributed by atoms with E-state index in [1.165, 1.54) is 6.21 Å². The van der Waals surface area contributed by atoms with Crippen molar-refractivity contribution in [1.82, 2.24) is 5.43 Å². The van der Waals surface area contributed by atoms with Crippen molar-refractivity contribution in [2.24, 2.45) is 5.10 Å². The van der Waals surface area contributed by atoms with Gasteiger partial charge in [-0.1, -0.05) is 51.8 Å². The minimum Gasteiger partial charge on any atom is -0.455 e. The van der Waals surface area contributed by atoms with Crippen LogP contribution in [0.3, 0.4) is 0 Å². The maximum Gasteiger partial charge on any atom is 0.272 e. The molecule has 0 fully saturated rings. The Morgan fingerprint density at radius 3 is 2.58 bits per heavy atom.